The van der Waals surface area contributed by atoms with Gasteiger partial charge in [0.25, 0.3) is 0 Å². The molecule has 3 fully saturated rings. The molecule has 2 saturated heterocycles. The Morgan fingerprint density at radius 2 is 1.52 bits per heavy atom. The highest BCUT2D eigenvalue weighted by atomic mass is 16.2. The normalized spacial score (nSPS) is 24.8. The minimum absolute atomic E-state index is 0.0665. The lowest BCUT2D eigenvalue weighted by Crippen LogP contribution is -3.08. The van der Waals surface area contributed by atoms with Gasteiger partial charge in [-0.05, 0) is 18.4 Å². The molecule has 0 bridgehead atoms. The zero-order chi connectivity index (χ0) is 20.2. The molecule has 2 heterocycles. The Morgan fingerprint density at radius 3 is 2.14 bits per heavy atom. The largest absolute Gasteiger partial charge is 0.352 e. The van der Waals surface area contributed by atoms with Crippen LogP contribution in [0.15, 0.2) is 24.3 Å². The summed E-state index contributed by atoms with van der Waals surface area (Å²) in [6.07, 6.45) is 6.50. The summed E-state index contributed by atoms with van der Waals surface area (Å²) in [6.45, 7) is 4.28. The lowest BCUT2D eigenvalue weighted by molar-refractivity contribution is -0.901. The zero-order valence-electron chi connectivity index (χ0n) is 17.1. The summed E-state index contributed by atoms with van der Waals surface area (Å²) in [7, 11) is 0. The Morgan fingerprint density at radius 1 is 0.931 bits per heavy atom. The van der Waals surface area contributed by atoms with E-state index < -0.39 is 0 Å². The Balaban J connectivity index is 1.21. The van der Waals surface area contributed by atoms with Gasteiger partial charge < -0.3 is 10.2 Å². The minimum Gasteiger partial charge on any atom is -0.352 e. The van der Waals surface area contributed by atoms with Crippen LogP contribution in [0.3, 0.4) is 0 Å². The van der Waals surface area contributed by atoms with E-state index in [-0.39, 0.29) is 42.5 Å². The van der Waals surface area contributed by atoms with Gasteiger partial charge in [0, 0.05) is 37.9 Å². The number of quaternary nitrogens is 1. The number of imide groups is 1. The topological polar surface area (TPSA) is 70.9 Å². The number of fused-ring (bicyclic) bond motifs is 1. The fourth-order valence-corrected chi connectivity index (χ4v) is 5.07. The van der Waals surface area contributed by atoms with Crippen LogP contribution < -0.4 is 10.2 Å². The monoisotopic (exact) mass is 398 g/mol. The van der Waals surface area contributed by atoms with Crippen molar-refractivity contribution in [3.05, 3.63) is 35.4 Å². The van der Waals surface area contributed by atoms with Crippen molar-refractivity contribution in [1.82, 2.24) is 10.2 Å². The third-order valence-electron chi connectivity index (χ3n) is 6.77. The number of nitrogens with zero attached hydrogens (tertiary/aromatic N) is 1. The van der Waals surface area contributed by atoms with E-state index in [9.17, 15) is 14.4 Å². The predicted molar refractivity (Wildman–Crippen MR) is 109 cm³/mol. The molecule has 1 aliphatic carbocycles. The molecule has 2 aliphatic heterocycles. The van der Waals surface area contributed by atoms with Gasteiger partial charge in [-0.2, -0.15) is 0 Å². The van der Waals surface area contributed by atoms with Gasteiger partial charge in [-0.25, -0.2) is 0 Å². The first-order valence-corrected chi connectivity index (χ1v) is 11.1. The summed E-state index contributed by atoms with van der Waals surface area (Å²) in [5.74, 6) is -0.530. The van der Waals surface area contributed by atoms with Gasteiger partial charge in [0.05, 0.1) is 24.9 Å². The van der Waals surface area contributed by atoms with Crippen molar-refractivity contribution >= 4 is 17.7 Å². The molecule has 29 heavy (non-hydrogen) atoms. The number of hydrogen-bond donors (Lipinski definition) is 2. The summed E-state index contributed by atoms with van der Waals surface area (Å²) >= 11 is 0. The number of rotatable bonds is 7. The van der Waals surface area contributed by atoms with Gasteiger partial charge in [0.2, 0.25) is 17.7 Å². The fourth-order valence-electron chi connectivity index (χ4n) is 5.07. The summed E-state index contributed by atoms with van der Waals surface area (Å²) in [5.41, 5.74) is 2.40. The van der Waals surface area contributed by atoms with Crippen LogP contribution in [0, 0.1) is 11.8 Å². The molecule has 3 amide bonds. The SMILES string of the molecule is O=C(CCN1C(=O)[C@H]2CCCC[C@@H]2C1=O)NCc1ccc(C[NH+]2CCCC2)cc1. The van der Waals surface area contributed by atoms with Gasteiger partial charge in [-0.1, -0.05) is 37.1 Å². The molecule has 6 nitrogen and oxygen atoms in total. The Bertz CT molecular complexity index is 731. The van der Waals surface area contributed by atoms with E-state index in [0.29, 0.717) is 6.54 Å². The Hall–Kier alpha value is -2.21. The molecule has 4 rings (SSSR count). The van der Waals surface area contributed by atoms with Crippen molar-refractivity contribution < 1.29 is 19.3 Å². The Kier molecular flexibility index (Phi) is 6.28. The van der Waals surface area contributed by atoms with Crippen molar-refractivity contribution in [3.63, 3.8) is 0 Å². The van der Waals surface area contributed by atoms with E-state index in [4.69, 9.17) is 0 Å². The van der Waals surface area contributed by atoms with Crippen LogP contribution in [0.2, 0.25) is 0 Å². The molecule has 1 aromatic carbocycles. The first-order valence-electron chi connectivity index (χ1n) is 11.1. The van der Waals surface area contributed by atoms with E-state index in [1.165, 1.54) is 36.4 Å². The maximum absolute atomic E-state index is 12.5. The molecule has 2 atom stereocenters. The van der Waals surface area contributed by atoms with E-state index in [0.717, 1.165) is 37.8 Å². The zero-order valence-corrected chi connectivity index (χ0v) is 17.1. The molecule has 156 valence electrons. The van der Waals surface area contributed by atoms with Crippen molar-refractivity contribution in [1.29, 1.82) is 0 Å². The molecule has 0 aromatic heterocycles. The molecule has 6 heteroatoms. The average Bonchev–Trinajstić information content (AvgIpc) is 3.33. The van der Waals surface area contributed by atoms with Gasteiger partial charge in [0.15, 0.2) is 0 Å². The van der Waals surface area contributed by atoms with Crippen molar-refractivity contribution in [2.45, 2.75) is 58.0 Å². The van der Waals surface area contributed by atoms with E-state index >= 15 is 0 Å². The number of carbonyl (C=O) groups is 3. The average molecular weight is 399 g/mol. The van der Waals surface area contributed by atoms with E-state index in [1.807, 2.05) is 0 Å². The third-order valence-corrected chi connectivity index (χ3v) is 6.77. The number of amides is 3. The standard InChI is InChI=1S/C23H31N3O3/c27-21(11-14-26-22(28)19-5-1-2-6-20(19)23(26)29)24-15-17-7-9-18(10-8-17)16-25-12-3-4-13-25/h7-10,19-20H,1-6,11-16H2,(H,24,27)/p+1/t19-,20-/m0/s1. The summed E-state index contributed by atoms with van der Waals surface area (Å²) in [5, 5.41) is 2.91. The third kappa shape index (κ3) is 4.69. The molecular weight excluding hydrogens is 366 g/mol. The molecular formula is C23H32N3O3+. The number of hydrogen-bond acceptors (Lipinski definition) is 3. The summed E-state index contributed by atoms with van der Waals surface area (Å²) < 4.78 is 0. The predicted octanol–water partition coefficient (Wildman–Crippen LogP) is 1.05. The van der Waals surface area contributed by atoms with Crippen LogP contribution in [0.4, 0.5) is 0 Å². The fraction of sp³-hybridized carbons (Fsp3) is 0.609. The number of likely N-dealkylation sites (tertiary alicyclic amines) is 2. The van der Waals surface area contributed by atoms with Gasteiger partial charge in [-0.15, -0.1) is 0 Å². The maximum Gasteiger partial charge on any atom is 0.233 e. The lowest BCUT2D eigenvalue weighted by atomic mass is 9.81. The van der Waals surface area contributed by atoms with Crippen LogP contribution in [-0.4, -0.2) is 42.3 Å². The summed E-state index contributed by atoms with van der Waals surface area (Å²) in [6, 6.07) is 8.44. The second-order valence-corrected chi connectivity index (χ2v) is 8.80. The molecule has 1 aromatic rings. The molecule has 2 N–H and O–H groups in total. The molecule has 0 radical (unpaired) electrons. The molecule has 1 saturated carbocycles. The smallest absolute Gasteiger partial charge is 0.233 e. The van der Waals surface area contributed by atoms with E-state index in [1.54, 1.807) is 4.90 Å². The molecule has 3 aliphatic rings. The van der Waals surface area contributed by atoms with Gasteiger partial charge in [0.1, 0.15) is 6.54 Å². The highest BCUT2D eigenvalue weighted by molar-refractivity contribution is 6.05. The van der Waals surface area contributed by atoms with Gasteiger partial charge >= 0.3 is 0 Å². The molecule has 0 spiro atoms. The van der Waals surface area contributed by atoms with Crippen LogP contribution >= 0.6 is 0 Å². The maximum atomic E-state index is 12.5. The van der Waals surface area contributed by atoms with Gasteiger partial charge in [-0.3, -0.25) is 19.3 Å². The van der Waals surface area contributed by atoms with Crippen LogP contribution in [0.1, 0.15) is 56.1 Å². The van der Waals surface area contributed by atoms with Crippen LogP contribution in [0.25, 0.3) is 0 Å². The first kappa shape index (κ1) is 20.1. The number of carbonyl (C=O) groups excluding carboxylic acids is 3. The van der Waals surface area contributed by atoms with Crippen LogP contribution in [-0.2, 0) is 27.5 Å². The second kappa shape index (κ2) is 9.08. The first-order chi connectivity index (χ1) is 14.1. The highest BCUT2D eigenvalue weighted by Gasteiger charge is 2.47. The van der Waals surface area contributed by atoms with Crippen molar-refractivity contribution in [3.8, 4) is 0 Å². The Labute approximate surface area is 172 Å². The van der Waals surface area contributed by atoms with Crippen LogP contribution in [0.5, 0.6) is 0 Å². The number of benzene rings is 1. The number of nitrogens with one attached hydrogen (secondary N) is 2. The highest BCUT2D eigenvalue weighted by Crippen LogP contribution is 2.37. The van der Waals surface area contributed by atoms with E-state index in [2.05, 4.69) is 29.6 Å². The second-order valence-electron chi connectivity index (χ2n) is 8.80. The minimum atomic E-state index is -0.139. The van der Waals surface area contributed by atoms with Crippen molar-refractivity contribution in [2.24, 2.45) is 11.8 Å². The van der Waals surface area contributed by atoms with Crippen molar-refractivity contribution in [2.75, 3.05) is 19.6 Å². The summed E-state index contributed by atoms with van der Waals surface area (Å²) in [4.78, 5) is 40.2. The quantitative estimate of drug-likeness (QED) is 0.675. The molecule has 0 unspecified atom stereocenters. The lowest BCUT2D eigenvalue weighted by Gasteiger charge is -2.19.